The number of nitrogens with one attached hydrogen (secondary N) is 1. The van der Waals surface area contributed by atoms with Crippen molar-refractivity contribution in [1.82, 2.24) is 10.2 Å². The molecule has 0 aliphatic heterocycles. The highest BCUT2D eigenvalue weighted by molar-refractivity contribution is 5.76. The summed E-state index contributed by atoms with van der Waals surface area (Å²) in [5, 5.41) is 2.96. The molecule has 6 nitrogen and oxygen atoms in total. The van der Waals surface area contributed by atoms with E-state index in [1.54, 1.807) is 14.1 Å². The average Bonchev–Trinajstić information content (AvgIpc) is 2.40. The fourth-order valence-corrected chi connectivity index (χ4v) is 1.40. The molecule has 0 aliphatic carbocycles. The topological polar surface area (TPSA) is 67.9 Å². The minimum absolute atomic E-state index is 0.0000713. The average molecular weight is 316 g/mol. The Hall–Kier alpha value is -1.14. The second-order valence-corrected chi connectivity index (χ2v) is 6.67. The Labute approximate surface area is 134 Å². The van der Waals surface area contributed by atoms with Crippen LogP contribution in [0.2, 0.25) is 0 Å². The van der Waals surface area contributed by atoms with Crippen molar-refractivity contribution < 1.29 is 19.1 Å². The van der Waals surface area contributed by atoms with Crippen LogP contribution in [0, 0.1) is 5.41 Å². The van der Waals surface area contributed by atoms with Crippen molar-refractivity contribution in [2.45, 2.75) is 46.6 Å². The van der Waals surface area contributed by atoms with E-state index in [0.29, 0.717) is 39.3 Å². The highest BCUT2D eigenvalue weighted by Gasteiger charge is 2.21. The van der Waals surface area contributed by atoms with Gasteiger partial charge >= 0.3 is 0 Å². The summed E-state index contributed by atoms with van der Waals surface area (Å²) in [6, 6.07) is 0.123. The van der Waals surface area contributed by atoms with Gasteiger partial charge in [0.05, 0.1) is 32.8 Å². The van der Waals surface area contributed by atoms with Crippen molar-refractivity contribution in [2.24, 2.45) is 5.41 Å². The fourth-order valence-electron chi connectivity index (χ4n) is 1.40. The van der Waals surface area contributed by atoms with Gasteiger partial charge in [-0.3, -0.25) is 9.59 Å². The standard InChI is InChI=1S/C16H32N2O4/c1-13(16(2,3)4)17-14(19)7-9-21-11-12-22-10-8-15(20)18(5)6/h13H,7-12H2,1-6H3,(H,17,19). The first-order valence-corrected chi connectivity index (χ1v) is 7.79. The van der Waals surface area contributed by atoms with E-state index in [0.717, 1.165) is 0 Å². The molecule has 0 aromatic rings. The molecule has 0 aromatic heterocycles. The molecule has 0 radical (unpaired) electrons. The molecule has 22 heavy (non-hydrogen) atoms. The fraction of sp³-hybridized carbons (Fsp3) is 0.875. The minimum Gasteiger partial charge on any atom is -0.379 e. The Morgan fingerprint density at radius 1 is 1.00 bits per heavy atom. The van der Waals surface area contributed by atoms with Gasteiger partial charge in [-0.05, 0) is 12.3 Å². The second-order valence-electron chi connectivity index (χ2n) is 6.67. The maximum atomic E-state index is 11.7. The van der Waals surface area contributed by atoms with Crippen LogP contribution in [0.25, 0.3) is 0 Å². The highest BCUT2D eigenvalue weighted by Crippen LogP contribution is 2.18. The first-order chi connectivity index (χ1) is 10.1. The summed E-state index contributed by atoms with van der Waals surface area (Å²) >= 11 is 0. The molecule has 130 valence electrons. The summed E-state index contributed by atoms with van der Waals surface area (Å²) in [5.74, 6) is 0.0467. The van der Waals surface area contributed by atoms with Crippen LogP contribution in [0.3, 0.4) is 0 Å². The van der Waals surface area contributed by atoms with Crippen molar-refractivity contribution in [3.63, 3.8) is 0 Å². The zero-order chi connectivity index (χ0) is 17.2. The Morgan fingerprint density at radius 2 is 1.50 bits per heavy atom. The van der Waals surface area contributed by atoms with Crippen LogP contribution in [-0.4, -0.2) is 63.3 Å². The summed E-state index contributed by atoms with van der Waals surface area (Å²) in [5.41, 5.74) is 0.0499. The van der Waals surface area contributed by atoms with Crippen molar-refractivity contribution in [2.75, 3.05) is 40.5 Å². The zero-order valence-electron chi connectivity index (χ0n) is 14.9. The second kappa shape index (κ2) is 10.6. The van der Waals surface area contributed by atoms with E-state index in [2.05, 4.69) is 26.1 Å². The van der Waals surface area contributed by atoms with E-state index in [-0.39, 0.29) is 23.3 Å². The van der Waals surface area contributed by atoms with E-state index >= 15 is 0 Å². The van der Waals surface area contributed by atoms with E-state index in [1.165, 1.54) is 4.90 Å². The summed E-state index contributed by atoms with van der Waals surface area (Å²) < 4.78 is 10.6. The molecule has 0 heterocycles. The lowest BCUT2D eigenvalue weighted by Crippen LogP contribution is -2.41. The molecule has 0 bridgehead atoms. The predicted molar refractivity (Wildman–Crippen MR) is 86.6 cm³/mol. The zero-order valence-corrected chi connectivity index (χ0v) is 14.9. The lowest BCUT2D eigenvalue weighted by atomic mass is 9.88. The summed E-state index contributed by atoms with van der Waals surface area (Å²) in [6.07, 6.45) is 0.722. The third-order valence-electron chi connectivity index (χ3n) is 3.48. The number of carbonyl (C=O) groups is 2. The normalized spacial score (nSPS) is 12.8. The van der Waals surface area contributed by atoms with Gasteiger partial charge in [-0.1, -0.05) is 20.8 Å². The number of amides is 2. The first kappa shape index (κ1) is 20.9. The van der Waals surface area contributed by atoms with E-state index in [4.69, 9.17) is 9.47 Å². The smallest absolute Gasteiger partial charge is 0.224 e. The molecule has 1 atom stereocenters. The number of rotatable bonds is 10. The number of carbonyl (C=O) groups excluding carboxylic acids is 2. The largest absolute Gasteiger partial charge is 0.379 e. The third kappa shape index (κ3) is 10.6. The monoisotopic (exact) mass is 316 g/mol. The van der Waals surface area contributed by atoms with E-state index < -0.39 is 0 Å². The molecular formula is C16H32N2O4. The molecule has 0 saturated carbocycles. The molecule has 1 unspecified atom stereocenters. The molecular weight excluding hydrogens is 284 g/mol. The Kier molecular flexibility index (Phi) is 10.0. The number of hydrogen-bond acceptors (Lipinski definition) is 4. The molecule has 0 spiro atoms. The van der Waals surface area contributed by atoms with Gasteiger partial charge in [-0.15, -0.1) is 0 Å². The van der Waals surface area contributed by atoms with Crippen molar-refractivity contribution >= 4 is 11.8 Å². The van der Waals surface area contributed by atoms with E-state index in [9.17, 15) is 9.59 Å². The first-order valence-electron chi connectivity index (χ1n) is 7.79. The van der Waals surface area contributed by atoms with Crippen LogP contribution in [0.1, 0.15) is 40.5 Å². The summed E-state index contributed by atoms with van der Waals surface area (Å²) in [6.45, 7) is 9.90. The van der Waals surface area contributed by atoms with Crippen LogP contribution >= 0.6 is 0 Å². The number of hydrogen-bond donors (Lipinski definition) is 1. The Morgan fingerprint density at radius 3 is 1.95 bits per heavy atom. The van der Waals surface area contributed by atoms with Gasteiger partial charge in [-0.2, -0.15) is 0 Å². The summed E-state index contributed by atoms with van der Waals surface area (Å²) in [4.78, 5) is 24.5. The van der Waals surface area contributed by atoms with Gasteiger partial charge in [0.15, 0.2) is 0 Å². The van der Waals surface area contributed by atoms with Gasteiger partial charge in [0.1, 0.15) is 0 Å². The van der Waals surface area contributed by atoms with Gasteiger partial charge in [-0.25, -0.2) is 0 Å². The Bertz CT molecular complexity index is 338. The minimum atomic E-state index is -0.0000713. The molecule has 1 N–H and O–H groups in total. The molecule has 0 rings (SSSR count). The predicted octanol–water partition coefficient (Wildman–Crippen LogP) is 1.44. The molecule has 0 fully saturated rings. The number of nitrogens with zero attached hydrogens (tertiary/aromatic N) is 1. The molecule has 0 aromatic carbocycles. The third-order valence-corrected chi connectivity index (χ3v) is 3.48. The van der Waals surface area contributed by atoms with Crippen molar-refractivity contribution in [1.29, 1.82) is 0 Å². The summed E-state index contributed by atoms with van der Waals surface area (Å²) in [7, 11) is 3.44. The van der Waals surface area contributed by atoms with Gasteiger partial charge < -0.3 is 19.7 Å². The van der Waals surface area contributed by atoms with Crippen LogP contribution in [-0.2, 0) is 19.1 Å². The SMILES string of the molecule is CC(NC(=O)CCOCCOCCC(=O)N(C)C)C(C)(C)C. The van der Waals surface area contributed by atoms with Crippen LogP contribution < -0.4 is 5.32 Å². The Balaban J connectivity index is 3.50. The number of ether oxygens (including phenoxy) is 2. The lowest BCUT2D eigenvalue weighted by molar-refractivity contribution is -0.130. The molecule has 6 heteroatoms. The molecule has 2 amide bonds. The van der Waals surface area contributed by atoms with Gasteiger partial charge in [0.2, 0.25) is 11.8 Å². The van der Waals surface area contributed by atoms with Gasteiger partial charge in [0.25, 0.3) is 0 Å². The molecule has 0 aliphatic rings. The van der Waals surface area contributed by atoms with Crippen LogP contribution in [0.4, 0.5) is 0 Å². The molecule has 0 saturated heterocycles. The maximum absolute atomic E-state index is 11.7. The van der Waals surface area contributed by atoms with Crippen LogP contribution in [0.5, 0.6) is 0 Å². The maximum Gasteiger partial charge on any atom is 0.224 e. The van der Waals surface area contributed by atoms with Crippen molar-refractivity contribution in [3.8, 4) is 0 Å². The van der Waals surface area contributed by atoms with Crippen LogP contribution in [0.15, 0.2) is 0 Å². The quantitative estimate of drug-likeness (QED) is 0.619. The van der Waals surface area contributed by atoms with E-state index in [1.807, 2.05) is 6.92 Å². The lowest BCUT2D eigenvalue weighted by Gasteiger charge is -2.28. The highest BCUT2D eigenvalue weighted by atomic mass is 16.5. The van der Waals surface area contributed by atoms with Gasteiger partial charge in [0, 0.05) is 26.6 Å². The van der Waals surface area contributed by atoms with Crippen molar-refractivity contribution in [3.05, 3.63) is 0 Å².